The van der Waals surface area contributed by atoms with Crippen LogP contribution in [-0.2, 0) is 9.53 Å². The molecule has 2 aliphatic heterocycles. The molecule has 2 heterocycles. The minimum absolute atomic E-state index is 0.0311. The van der Waals surface area contributed by atoms with E-state index < -0.39 is 11.6 Å². The first-order chi connectivity index (χ1) is 11.1. The van der Waals surface area contributed by atoms with Crippen molar-refractivity contribution in [1.82, 2.24) is 4.90 Å². The normalized spacial score (nSPS) is 25.3. The van der Waals surface area contributed by atoms with Crippen molar-refractivity contribution in [3.63, 3.8) is 0 Å². The molecule has 0 aliphatic carbocycles. The molecule has 2 atom stereocenters. The fraction of sp³-hybridized carbons (Fsp3) is 0.611. The Bertz CT molecular complexity index is 528. The van der Waals surface area contributed by atoms with Crippen LogP contribution in [0.25, 0.3) is 0 Å². The van der Waals surface area contributed by atoms with Crippen molar-refractivity contribution >= 4 is 5.91 Å². The molecule has 5 nitrogen and oxygen atoms in total. The lowest BCUT2D eigenvalue weighted by Crippen LogP contribution is -2.59. The molecule has 3 N–H and O–H groups in total. The molecular weight excluding hydrogens is 292 g/mol. The Morgan fingerprint density at radius 2 is 2.04 bits per heavy atom. The van der Waals surface area contributed by atoms with Crippen molar-refractivity contribution in [1.29, 1.82) is 0 Å². The SMILES string of the molecule is NC1(C(=O)N2CCCC2CC(O)c2ccccc2)CCOCC1. The van der Waals surface area contributed by atoms with E-state index in [0.717, 1.165) is 24.9 Å². The maximum absolute atomic E-state index is 12.9. The van der Waals surface area contributed by atoms with E-state index >= 15 is 0 Å². The van der Waals surface area contributed by atoms with Crippen molar-refractivity contribution in [3.05, 3.63) is 35.9 Å². The van der Waals surface area contributed by atoms with Crippen molar-refractivity contribution in [2.45, 2.75) is 49.8 Å². The van der Waals surface area contributed by atoms with Gasteiger partial charge in [-0.25, -0.2) is 0 Å². The fourth-order valence-corrected chi connectivity index (χ4v) is 3.65. The van der Waals surface area contributed by atoms with Crippen molar-refractivity contribution in [3.8, 4) is 0 Å². The van der Waals surface area contributed by atoms with E-state index in [-0.39, 0.29) is 11.9 Å². The van der Waals surface area contributed by atoms with Gasteiger partial charge in [0, 0.05) is 25.8 Å². The summed E-state index contributed by atoms with van der Waals surface area (Å²) < 4.78 is 5.34. The maximum atomic E-state index is 12.9. The monoisotopic (exact) mass is 318 g/mol. The van der Waals surface area contributed by atoms with Gasteiger partial charge in [0.1, 0.15) is 0 Å². The molecule has 3 rings (SSSR count). The van der Waals surface area contributed by atoms with Gasteiger partial charge < -0.3 is 20.5 Å². The smallest absolute Gasteiger partial charge is 0.243 e. The minimum Gasteiger partial charge on any atom is -0.388 e. The number of rotatable bonds is 4. The zero-order valence-corrected chi connectivity index (χ0v) is 13.5. The molecule has 2 aliphatic rings. The van der Waals surface area contributed by atoms with Crippen LogP contribution in [0.1, 0.15) is 43.8 Å². The van der Waals surface area contributed by atoms with Crippen LogP contribution in [0.3, 0.4) is 0 Å². The van der Waals surface area contributed by atoms with Gasteiger partial charge in [-0.2, -0.15) is 0 Å². The van der Waals surface area contributed by atoms with Crippen molar-refractivity contribution < 1.29 is 14.6 Å². The number of carbonyl (C=O) groups is 1. The molecule has 126 valence electrons. The molecule has 2 unspecified atom stereocenters. The molecule has 5 heteroatoms. The number of hydrogen-bond donors (Lipinski definition) is 2. The maximum Gasteiger partial charge on any atom is 0.243 e. The predicted molar refractivity (Wildman–Crippen MR) is 87.7 cm³/mol. The van der Waals surface area contributed by atoms with Crippen LogP contribution in [0, 0.1) is 0 Å². The van der Waals surface area contributed by atoms with E-state index in [2.05, 4.69) is 0 Å². The Morgan fingerprint density at radius 3 is 2.74 bits per heavy atom. The lowest BCUT2D eigenvalue weighted by atomic mass is 9.89. The average Bonchev–Trinajstić information content (AvgIpc) is 3.03. The number of nitrogens with zero attached hydrogens (tertiary/aromatic N) is 1. The van der Waals surface area contributed by atoms with Crippen LogP contribution in [0.4, 0.5) is 0 Å². The third-order valence-electron chi connectivity index (χ3n) is 5.13. The summed E-state index contributed by atoms with van der Waals surface area (Å²) in [5.41, 5.74) is 6.46. The van der Waals surface area contributed by atoms with E-state index in [1.165, 1.54) is 0 Å². The van der Waals surface area contributed by atoms with E-state index in [1.807, 2.05) is 35.2 Å². The summed E-state index contributed by atoms with van der Waals surface area (Å²) in [6, 6.07) is 9.70. The second-order valence-electron chi connectivity index (χ2n) is 6.73. The van der Waals surface area contributed by atoms with E-state index in [4.69, 9.17) is 10.5 Å². The van der Waals surface area contributed by atoms with Gasteiger partial charge in [-0.05, 0) is 37.7 Å². The second-order valence-corrected chi connectivity index (χ2v) is 6.73. The molecule has 0 bridgehead atoms. The highest BCUT2D eigenvalue weighted by Crippen LogP contribution is 2.31. The van der Waals surface area contributed by atoms with Gasteiger partial charge in [-0.1, -0.05) is 30.3 Å². The van der Waals surface area contributed by atoms with Crippen LogP contribution >= 0.6 is 0 Å². The Morgan fingerprint density at radius 1 is 1.35 bits per heavy atom. The van der Waals surface area contributed by atoms with Crippen molar-refractivity contribution in [2.75, 3.05) is 19.8 Å². The first-order valence-corrected chi connectivity index (χ1v) is 8.51. The molecule has 2 fully saturated rings. The fourth-order valence-electron chi connectivity index (χ4n) is 3.65. The average molecular weight is 318 g/mol. The van der Waals surface area contributed by atoms with Gasteiger partial charge in [-0.15, -0.1) is 0 Å². The zero-order valence-electron chi connectivity index (χ0n) is 13.5. The van der Waals surface area contributed by atoms with Gasteiger partial charge in [0.15, 0.2) is 0 Å². The number of aliphatic hydroxyl groups is 1. The van der Waals surface area contributed by atoms with E-state index in [1.54, 1.807) is 0 Å². The van der Waals surface area contributed by atoms with Crippen LogP contribution in [0.2, 0.25) is 0 Å². The van der Waals surface area contributed by atoms with Crippen LogP contribution in [0.5, 0.6) is 0 Å². The zero-order chi connectivity index (χ0) is 16.3. The summed E-state index contributed by atoms with van der Waals surface area (Å²) in [4.78, 5) is 14.8. The van der Waals surface area contributed by atoms with Crippen molar-refractivity contribution in [2.24, 2.45) is 5.73 Å². The number of nitrogens with two attached hydrogens (primary N) is 1. The minimum atomic E-state index is -0.793. The Balaban J connectivity index is 1.66. The highest BCUT2D eigenvalue weighted by Gasteiger charge is 2.42. The summed E-state index contributed by atoms with van der Waals surface area (Å²) in [7, 11) is 0. The number of amides is 1. The number of aliphatic hydroxyl groups excluding tert-OH is 1. The molecule has 23 heavy (non-hydrogen) atoms. The largest absolute Gasteiger partial charge is 0.388 e. The quantitative estimate of drug-likeness (QED) is 0.884. The topological polar surface area (TPSA) is 75.8 Å². The highest BCUT2D eigenvalue weighted by molar-refractivity contribution is 5.86. The van der Waals surface area contributed by atoms with Gasteiger partial charge in [0.05, 0.1) is 11.6 Å². The second kappa shape index (κ2) is 6.99. The number of ether oxygens (including phenoxy) is 1. The highest BCUT2D eigenvalue weighted by atomic mass is 16.5. The molecule has 2 saturated heterocycles. The molecule has 1 amide bonds. The van der Waals surface area contributed by atoms with Crippen LogP contribution in [0.15, 0.2) is 30.3 Å². The number of likely N-dealkylation sites (tertiary alicyclic amines) is 1. The molecule has 0 radical (unpaired) electrons. The predicted octanol–water partition coefficient (Wildman–Crippen LogP) is 1.61. The number of carbonyl (C=O) groups excluding carboxylic acids is 1. The lowest BCUT2D eigenvalue weighted by Gasteiger charge is -2.38. The van der Waals surface area contributed by atoms with Gasteiger partial charge >= 0.3 is 0 Å². The molecule has 1 aromatic rings. The summed E-state index contributed by atoms with van der Waals surface area (Å²) in [6.45, 7) is 1.84. The molecule has 0 saturated carbocycles. The molecule has 0 spiro atoms. The Labute approximate surface area is 137 Å². The summed E-state index contributed by atoms with van der Waals surface area (Å²) in [5.74, 6) is 0.0311. The third kappa shape index (κ3) is 3.57. The molecular formula is C18H26N2O3. The van der Waals surface area contributed by atoms with Gasteiger partial charge in [0.25, 0.3) is 0 Å². The first kappa shape index (κ1) is 16.4. The number of benzene rings is 1. The Kier molecular flexibility index (Phi) is 4.99. The summed E-state index contributed by atoms with van der Waals surface area (Å²) >= 11 is 0. The summed E-state index contributed by atoms with van der Waals surface area (Å²) in [5, 5.41) is 10.5. The standard InChI is InChI=1S/C18H26N2O3/c19-18(8-11-23-12-9-18)17(22)20-10-4-7-15(20)13-16(21)14-5-2-1-3-6-14/h1-3,5-6,15-16,21H,4,7-13,19H2. The van der Waals surface area contributed by atoms with E-state index in [0.29, 0.717) is 32.5 Å². The summed E-state index contributed by atoms with van der Waals surface area (Å²) in [6.07, 6.45) is 3.10. The lowest BCUT2D eigenvalue weighted by molar-refractivity contribution is -0.141. The molecule has 0 aromatic heterocycles. The number of hydrogen-bond acceptors (Lipinski definition) is 4. The van der Waals surface area contributed by atoms with Gasteiger partial charge in [0.2, 0.25) is 5.91 Å². The molecule has 1 aromatic carbocycles. The van der Waals surface area contributed by atoms with E-state index in [9.17, 15) is 9.90 Å². The van der Waals surface area contributed by atoms with Crippen LogP contribution in [-0.4, -0.2) is 47.3 Å². The van der Waals surface area contributed by atoms with Crippen LogP contribution < -0.4 is 5.73 Å². The third-order valence-corrected chi connectivity index (χ3v) is 5.13. The first-order valence-electron chi connectivity index (χ1n) is 8.51. The Hall–Kier alpha value is -1.43. The van der Waals surface area contributed by atoms with Gasteiger partial charge in [-0.3, -0.25) is 4.79 Å².